The molecule has 0 aromatic carbocycles. The van der Waals surface area contributed by atoms with Crippen molar-refractivity contribution < 1.29 is 5.11 Å². The summed E-state index contributed by atoms with van der Waals surface area (Å²) >= 11 is 0. The van der Waals surface area contributed by atoms with Gasteiger partial charge in [0.05, 0.1) is 17.1 Å². The van der Waals surface area contributed by atoms with Crippen LogP contribution in [0.3, 0.4) is 0 Å². The zero-order valence-corrected chi connectivity index (χ0v) is 10.2. The lowest BCUT2D eigenvalue weighted by molar-refractivity contribution is -0.0521. The van der Waals surface area contributed by atoms with Gasteiger partial charge in [0.2, 0.25) is 0 Å². The van der Waals surface area contributed by atoms with Crippen molar-refractivity contribution in [1.29, 1.82) is 5.26 Å². The molecule has 16 heavy (non-hydrogen) atoms. The number of nitrogens with zero attached hydrogens (tertiary/aromatic N) is 2. The summed E-state index contributed by atoms with van der Waals surface area (Å²) in [6.07, 6.45) is 7.16. The maximum absolute atomic E-state index is 10.8. The van der Waals surface area contributed by atoms with Gasteiger partial charge in [0.15, 0.2) is 0 Å². The molecule has 0 amide bonds. The molecule has 0 radical (unpaired) electrons. The van der Waals surface area contributed by atoms with E-state index in [4.69, 9.17) is 0 Å². The van der Waals surface area contributed by atoms with Crippen molar-refractivity contribution in [2.24, 2.45) is 5.41 Å². The Bertz CT molecular complexity index is 289. The molecule has 1 atom stereocenters. The average Bonchev–Trinajstić information content (AvgIpc) is 2.53. The third kappa shape index (κ3) is 1.85. The third-order valence-corrected chi connectivity index (χ3v) is 4.50. The lowest BCUT2D eigenvalue weighted by atomic mass is 9.67. The van der Waals surface area contributed by atoms with E-state index in [1.807, 2.05) is 7.05 Å². The monoisotopic (exact) mass is 222 g/mol. The second-order valence-corrected chi connectivity index (χ2v) is 5.63. The summed E-state index contributed by atoms with van der Waals surface area (Å²) in [5.41, 5.74) is -1.24. The molecular formula is C13H22N2O. The molecule has 1 aliphatic heterocycles. The van der Waals surface area contributed by atoms with Crippen LogP contribution in [0.4, 0.5) is 0 Å². The molecule has 3 nitrogen and oxygen atoms in total. The van der Waals surface area contributed by atoms with Crippen LogP contribution in [0.1, 0.15) is 44.9 Å². The van der Waals surface area contributed by atoms with Crippen molar-refractivity contribution in [1.82, 2.24) is 4.90 Å². The minimum absolute atomic E-state index is 0.478. The standard InChI is InChI=1S/C13H22N2O/c1-15-9-8-13(16,11-15)12(10-14)6-4-2-3-5-7-12/h16H,2-9,11H2,1H3. The van der Waals surface area contributed by atoms with Gasteiger partial charge >= 0.3 is 0 Å². The molecule has 0 aromatic heterocycles. The minimum atomic E-state index is -0.763. The highest BCUT2D eigenvalue weighted by atomic mass is 16.3. The lowest BCUT2D eigenvalue weighted by Crippen LogP contribution is -2.49. The van der Waals surface area contributed by atoms with Gasteiger partial charge in [-0.05, 0) is 26.3 Å². The molecule has 1 aliphatic carbocycles. The Morgan fingerprint density at radius 1 is 1.12 bits per heavy atom. The van der Waals surface area contributed by atoms with Crippen molar-refractivity contribution in [2.45, 2.75) is 50.5 Å². The summed E-state index contributed by atoms with van der Waals surface area (Å²) in [5.74, 6) is 0. The molecule has 2 fully saturated rings. The number of likely N-dealkylation sites (N-methyl/N-ethyl adjacent to an activating group) is 1. The number of nitriles is 1. The molecular weight excluding hydrogens is 200 g/mol. The Kier molecular flexibility index (Phi) is 3.23. The van der Waals surface area contributed by atoms with Crippen LogP contribution < -0.4 is 0 Å². The van der Waals surface area contributed by atoms with Gasteiger partial charge in [0, 0.05) is 13.1 Å². The SMILES string of the molecule is CN1CCC(O)(C2(C#N)CCCCCC2)C1. The number of β-amino-alcohol motifs (C(OH)–C–C–N with tert-alkyl or cyclic N) is 1. The highest BCUT2D eigenvalue weighted by molar-refractivity contribution is 5.14. The predicted molar refractivity (Wildman–Crippen MR) is 62.8 cm³/mol. The molecule has 3 heteroatoms. The largest absolute Gasteiger partial charge is 0.387 e. The Morgan fingerprint density at radius 2 is 1.75 bits per heavy atom. The zero-order valence-electron chi connectivity index (χ0n) is 10.2. The van der Waals surface area contributed by atoms with Crippen LogP contribution in [0.15, 0.2) is 0 Å². The Hall–Kier alpha value is -0.590. The van der Waals surface area contributed by atoms with Gasteiger partial charge in [-0.3, -0.25) is 0 Å². The van der Waals surface area contributed by atoms with E-state index in [0.717, 1.165) is 38.6 Å². The Labute approximate surface area is 98.1 Å². The number of rotatable bonds is 1. The van der Waals surface area contributed by atoms with Crippen LogP contribution in [-0.4, -0.2) is 35.7 Å². The number of likely N-dealkylation sites (tertiary alicyclic amines) is 1. The van der Waals surface area contributed by atoms with E-state index in [-0.39, 0.29) is 0 Å². The number of hydrogen-bond acceptors (Lipinski definition) is 3. The Morgan fingerprint density at radius 3 is 2.19 bits per heavy atom. The summed E-state index contributed by atoms with van der Waals surface area (Å²) in [6, 6.07) is 2.48. The quantitative estimate of drug-likeness (QED) is 0.689. The van der Waals surface area contributed by atoms with E-state index >= 15 is 0 Å². The smallest absolute Gasteiger partial charge is 0.0971 e. The van der Waals surface area contributed by atoms with Crippen molar-refractivity contribution in [3.63, 3.8) is 0 Å². The van der Waals surface area contributed by atoms with Gasteiger partial charge in [0.1, 0.15) is 0 Å². The van der Waals surface area contributed by atoms with Crippen LogP contribution in [0.25, 0.3) is 0 Å². The highest BCUT2D eigenvalue weighted by Gasteiger charge is 2.53. The first-order valence-corrected chi connectivity index (χ1v) is 6.44. The molecule has 1 saturated carbocycles. The van der Waals surface area contributed by atoms with Crippen LogP contribution in [0, 0.1) is 16.7 Å². The van der Waals surface area contributed by atoms with E-state index in [1.54, 1.807) is 0 Å². The number of aliphatic hydroxyl groups is 1. The summed E-state index contributed by atoms with van der Waals surface area (Å²) < 4.78 is 0. The average molecular weight is 222 g/mol. The molecule has 1 heterocycles. The predicted octanol–water partition coefficient (Wildman–Crippen LogP) is 1.92. The molecule has 2 aliphatic rings. The highest BCUT2D eigenvalue weighted by Crippen LogP contribution is 2.47. The van der Waals surface area contributed by atoms with Crippen LogP contribution in [-0.2, 0) is 0 Å². The normalized spacial score (nSPS) is 35.6. The van der Waals surface area contributed by atoms with Gasteiger partial charge in [-0.2, -0.15) is 5.26 Å². The molecule has 0 aromatic rings. The van der Waals surface area contributed by atoms with E-state index in [1.165, 1.54) is 12.8 Å². The molecule has 1 saturated heterocycles. The molecule has 2 rings (SSSR count). The second kappa shape index (κ2) is 4.35. The van der Waals surface area contributed by atoms with Crippen LogP contribution in [0.5, 0.6) is 0 Å². The summed E-state index contributed by atoms with van der Waals surface area (Å²) in [7, 11) is 2.03. The van der Waals surface area contributed by atoms with Crippen LogP contribution in [0.2, 0.25) is 0 Å². The molecule has 0 bridgehead atoms. The summed E-state index contributed by atoms with van der Waals surface area (Å²) in [5, 5.41) is 20.3. The molecule has 0 spiro atoms. The van der Waals surface area contributed by atoms with E-state index in [0.29, 0.717) is 6.54 Å². The van der Waals surface area contributed by atoms with Gasteiger partial charge in [-0.15, -0.1) is 0 Å². The molecule has 90 valence electrons. The van der Waals surface area contributed by atoms with E-state index < -0.39 is 11.0 Å². The van der Waals surface area contributed by atoms with Crippen LogP contribution >= 0.6 is 0 Å². The molecule has 1 N–H and O–H groups in total. The van der Waals surface area contributed by atoms with E-state index in [2.05, 4.69) is 11.0 Å². The third-order valence-electron chi connectivity index (χ3n) is 4.50. The van der Waals surface area contributed by atoms with E-state index in [9.17, 15) is 10.4 Å². The second-order valence-electron chi connectivity index (χ2n) is 5.63. The van der Waals surface area contributed by atoms with Gasteiger partial charge in [-0.1, -0.05) is 25.7 Å². The topological polar surface area (TPSA) is 47.3 Å². The van der Waals surface area contributed by atoms with Crippen molar-refractivity contribution >= 4 is 0 Å². The lowest BCUT2D eigenvalue weighted by Gasteiger charge is -2.39. The van der Waals surface area contributed by atoms with Crippen molar-refractivity contribution in [3.8, 4) is 6.07 Å². The maximum Gasteiger partial charge on any atom is 0.0971 e. The van der Waals surface area contributed by atoms with Gasteiger partial charge < -0.3 is 10.0 Å². The molecule has 1 unspecified atom stereocenters. The minimum Gasteiger partial charge on any atom is -0.387 e. The van der Waals surface area contributed by atoms with Crippen molar-refractivity contribution in [2.75, 3.05) is 20.1 Å². The van der Waals surface area contributed by atoms with Gasteiger partial charge in [0.25, 0.3) is 0 Å². The first-order chi connectivity index (χ1) is 7.62. The summed E-state index contributed by atoms with van der Waals surface area (Å²) in [4.78, 5) is 2.14. The zero-order chi connectivity index (χ0) is 11.6. The number of hydrogen-bond donors (Lipinski definition) is 1. The fourth-order valence-electron chi connectivity index (χ4n) is 3.38. The van der Waals surface area contributed by atoms with Crippen molar-refractivity contribution in [3.05, 3.63) is 0 Å². The first-order valence-electron chi connectivity index (χ1n) is 6.44. The fraction of sp³-hybridized carbons (Fsp3) is 0.923. The first kappa shape index (κ1) is 11.9. The fourth-order valence-corrected chi connectivity index (χ4v) is 3.38. The Balaban J connectivity index is 2.23. The maximum atomic E-state index is 10.8. The summed E-state index contributed by atoms with van der Waals surface area (Å²) in [6.45, 7) is 1.58. The van der Waals surface area contributed by atoms with Gasteiger partial charge in [-0.25, -0.2) is 0 Å².